The Balaban J connectivity index is 1.90. The monoisotopic (exact) mass is 378 g/mol. The van der Waals surface area contributed by atoms with Crippen molar-refractivity contribution in [1.82, 2.24) is 4.31 Å². The van der Waals surface area contributed by atoms with Crippen molar-refractivity contribution in [1.29, 1.82) is 0 Å². The van der Waals surface area contributed by atoms with Crippen LogP contribution in [0.5, 0.6) is 5.75 Å². The minimum atomic E-state index is -3.62. The highest BCUT2D eigenvalue weighted by molar-refractivity contribution is 7.89. The number of nitrogens with zero attached hydrogens (tertiary/aromatic N) is 1. The number of amides is 1. The molecule has 1 aliphatic heterocycles. The van der Waals surface area contributed by atoms with Crippen LogP contribution in [0.2, 0.25) is 0 Å². The molecule has 1 aliphatic rings. The Morgan fingerprint density at radius 1 is 1.15 bits per heavy atom. The summed E-state index contributed by atoms with van der Waals surface area (Å²) in [6, 6.07) is 7.61. The van der Waals surface area contributed by atoms with Crippen LogP contribution in [0.3, 0.4) is 0 Å². The van der Waals surface area contributed by atoms with Gasteiger partial charge in [0.15, 0.2) is 5.76 Å². The normalized spacial score (nSPS) is 16.0. The number of rotatable bonds is 5. The summed E-state index contributed by atoms with van der Waals surface area (Å²) in [5.74, 6) is 0.0326. The smallest absolute Gasteiger partial charge is 0.291 e. The van der Waals surface area contributed by atoms with Gasteiger partial charge in [-0.3, -0.25) is 4.79 Å². The van der Waals surface area contributed by atoms with Crippen LogP contribution in [-0.2, 0) is 10.0 Å². The number of hydrogen-bond donors (Lipinski definition) is 1. The number of benzene rings is 1. The zero-order valence-electron chi connectivity index (χ0n) is 14.6. The molecule has 2 heterocycles. The summed E-state index contributed by atoms with van der Waals surface area (Å²) >= 11 is 0. The molecule has 7 nitrogen and oxygen atoms in total. The van der Waals surface area contributed by atoms with Gasteiger partial charge < -0.3 is 14.5 Å². The zero-order chi connectivity index (χ0) is 18.6. The molecule has 0 aliphatic carbocycles. The Morgan fingerprint density at radius 3 is 2.50 bits per heavy atom. The lowest BCUT2D eigenvalue weighted by atomic mass is 10.2. The van der Waals surface area contributed by atoms with Gasteiger partial charge >= 0.3 is 0 Å². The van der Waals surface area contributed by atoms with Gasteiger partial charge in [-0.2, -0.15) is 4.31 Å². The topological polar surface area (TPSA) is 88.9 Å². The molecular weight excluding hydrogens is 356 g/mol. The van der Waals surface area contributed by atoms with E-state index in [4.69, 9.17) is 9.15 Å². The Kier molecular flexibility index (Phi) is 5.63. The summed E-state index contributed by atoms with van der Waals surface area (Å²) in [5.41, 5.74) is 0.282. The van der Waals surface area contributed by atoms with Gasteiger partial charge in [-0.15, -0.1) is 0 Å². The lowest BCUT2D eigenvalue weighted by molar-refractivity contribution is 0.0996. The second-order valence-electron chi connectivity index (χ2n) is 6.11. The van der Waals surface area contributed by atoms with Crippen LogP contribution in [0.25, 0.3) is 0 Å². The molecule has 0 bridgehead atoms. The molecule has 3 rings (SSSR count). The fourth-order valence-corrected chi connectivity index (χ4v) is 4.51. The van der Waals surface area contributed by atoms with E-state index in [9.17, 15) is 13.2 Å². The van der Waals surface area contributed by atoms with E-state index < -0.39 is 15.9 Å². The average molecular weight is 378 g/mol. The van der Waals surface area contributed by atoms with Gasteiger partial charge in [-0.05, 0) is 43.2 Å². The second-order valence-corrected chi connectivity index (χ2v) is 8.05. The van der Waals surface area contributed by atoms with Gasteiger partial charge in [0.2, 0.25) is 10.0 Å². The number of methoxy groups -OCH3 is 1. The molecule has 1 fully saturated rings. The maximum Gasteiger partial charge on any atom is 0.291 e. The van der Waals surface area contributed by atoms with Gasteiger partial charge in [-0.1, -0.05) is 12.8 Å². The van der Waals surface area contributed by atoms with Crippen molar-refractivity contribution in [3.63, 3.8) is 0 Å². The first-order valence-electron chi connectivity index (χ1n) is 8.55. The lowest BCUT2D eigenvalue weighted by Gasteiger charge is -2.21. The Labute approximate surface area is 153 Å². The third-order valence-electron chi connectivity index (χ3n) is 4.37. The predicted molar refractivity (Wildman–Crippen MR) is 96.9 cm³/mol. The van der Waals surface area contributed by atoms with Crippen molar-refractivity contribution in [3.8, 4) is 5.75 Å². The fraction of sp³-hybridized carbons (Fsp3) is 0.389. The Morgan fingerprint density at radius 2 is 1.88 bits per heavy atom. The highest BCUT2D eigenvalue weighted by Crippen LogP contribution is 2.30. The van der Waals surface area contributed by atoms with Crippen LogP contribution in [0.1, 0.15) is 36.2 Å². The van der Waals surface area contributed by atoms with E-state index in [0.29, 0.717) is 18.8 Å². The summed E-state index contributed by atoms with van der Waals surface area (Å²) in [6.45, 7) is 1.03. The van der Waals surface area contributed by atoms with Crippen molar-refractivity contribution in [2.75, 3.05) is 25.5 Å². The number of nitrogens with one attached hydrogen (secondary N) is 1. The van der Waals surface area contributed by atoms with Crippen LogP contribution in [0.4, 0.5) is 5.69 Å². The van der Waals surface area contributed by atoms with Crippen molar-refractivity contribution in [2.45, 2.75) is 30.6 Å². The molecule has 1 N–H and O–H groups in total. The minimum Gasteiger partial charge on any atom is -0.495 e. The van der Waals surface area contributed by atoms with Crippen LogP contribution in [0.15, 0.2) is 45.9 Å². The number of ether oxygens (including phenoxy) is 1. The molecule has 0 radical (unpaired) electrons. The first kappa shape index (κ1) is 18.5. The van der Waals surface area contributed by atoms with E-state index in [2.05, 4.69) is 5.32 Å². The van der Waals surface area contributed by atoms with Crippen molar-refractivity contribution >= 4 is 21.6 Å². The summed E-state index contributed by atoms with van der Waals surface area (Å²) in [6.07, 6.45) is 5.19. The first-order chi connectivity index (χ1) is 12.5. The number of sulfonamides is 1. The molecule has 1 aromatic heterocycles. The van der Waals surface area contributed by atoms with Crippen LogP contribution in [0, 0.1) is 0 Å². The van der Waals surface area contributed by atoms with Gasteiger partial charge in [0, 0.05) is 13.1 Å². The number of carbonyl (C=O) groups is 1. The van der Waals surface area contributed by atoms with E-state index in [1.54, 1.807) is 12.1 Å². The van der Waals surface area contributed by atoms with Crippen LogP contribution >= 0.6 is 0 Å². The molecule has 0 unspecified atom stereocenters. The SMILES string of the molecule is COc1ccc(S(=O)(=O)N2CCCCCC2)cc1NC(=O)c1ccco1. The zero-order valence-corrected chi connectivity index (χ0v) is 15.4. The van der Waals surface area contributed by atoms with E-state index in [-0.39, 0.29) is 16.3 Å². The molecule has 0 saturated carbocycles. The molecule has 0 spiro atoms. The molecule has 1 saturated heterocycles. The molecule has 1 aromatic carbocycles. The van der Waals surface area contributed by atoms with Crippen molar-refractivity contribution in [2.24, 2.45) is 0 Å². The van der Waals surface area contributed by atoms with E-state index in [1.165, 1.54) is 35.9 Å². The van der Waals surface area contributed by atoms with E-state index in [1.807, 2.05) is 0 Å². The summed E-state index contributed by atoms with van der Waals surface area (Å²) in [4.78, 5) is 12.4. The standard InChI is InChI=1S/C18H22N2O5S/c1-24-16-9-8-14(26(22,23)20-10-4-2-3-5-11-20)13-15(16)19-18(21)17-7-6-12-25-17/h6-9,12-13H,2-5,10-11H2,1H3,(H,19,21). The third kappa shape index (κ3) is 3.91. The first-order valence-corrected chi connectivity index (χ1v) is 9.99. The minimum absolute atomic E-state index is 0.132. The maximum atomic E-state index is 13.0. The number of anilines is 1. The third-order valence-corrected chi connectivity index (χ3v) is 6.26. The molecule has 26 heavy (non-hydrogen) atoms. The Bertz CT molecular complexity index is 854. The quantitative estimate of drug-likeness (QED) is 0.864. The van der Waals surface area contributed by atoms with Crippen LogP contribution in [-0.4, -0.2) is 38.8 Å². The van der Waals surface area contributed by atoms with Crippen molar-refractivity contribution < 1.29 is 22.4 Å². The van der Waals surface area contributed by atoms with Gasteiger partial charge in [0.25, 0.3) is 5.91 Å². The predicted octanol–water partition coefficient (Wildman–Crippen LogP) is 3.11. The maximum absolute atomic E-state index is 13.0. The van der Waals surface area contributed by atoms with E-state index >= 15 is 0 Å². The van der Waals surface area contributed by atoms with Gasteiger partial charge in [0.1, 0.15) is 5.75 Å². The molecular formula is C18H22N2O5S. The Hall–Kier alpha value is -2.32. The molecule has 140 valence electrons. The fourth-order valence-electron chi connectivity index (χ4n) is 2.97. The number of carbonyl (C=O) groups excluding carboxylic acids is 1. The molecule has 1 amide bonds. The second kappa shape index (κ2) is 7.92. The van der Waals surface area contributed by atoms with Crippen molar-refractivity contribution in [3.05, 3.63) is 42.4 Å². The number of hydrogen-bond acceptors (Lipinski definition) is 5. The lowest BCUT2D eigenvalue weighted by Crippen LogP contribution is -2.32. The molecule has 2 aromatic rings. The molecule has 0 atom stereocenters. The average Bonchev–Trinajstić information content (AvgIpc) is 3.03. The van der Waals surface area contributed by atoms with Gasteiger partial charge in [-0.25, -0.2) is 8.42 Å². The summed E-state index contributed by atoms with van der Waals surface area (Å²) < 4.78 is 37.7. The molecule has 8 heteroatoms. The van der Waals surface area contributed by atoms with Crippen LogP contribution < -0.4 is 10.1 Å². The number of furan rings is 1. The van der Waals surface area contributed by atoms with E-state index in [0.717, 1.165) is 25.7 Å². The summed E-state index contributed by atoms with van der Waals surface area (Å²) in [7, 11) is -2.16. The van der Waals surface area contributed by atoms with Gasteiger partial charge in [0.05, 0.1) is 24.0 Å². The highest BCUT2D eigenvalue weighted by Gasteiger charge is 2.26. The summed E-state index contributed by atoms with van der Waals surface area (Å²) in [5, 5.41) is 2.65. The highest BCUT2D eigenvalue weighted by atomic mass is 32.2. The largest absolute Gasteiger partial charge is 0.495 e.